The second kappa shape index (κ2) is 8.81. The summed E-state index contributed by atoms with van der Waals surface area (Å²) in [6.45, 7) is 4.58. The molecular formula is C19H27KN3O3S. The third kappa shape index (κ3) is 4.79. The number of carbonyl (C=O) groups is 1. The first-order chi connectivity index (χ1) is 12.4. The van der Waals surface area contributed by atoms with Crippen LogP contribution in [0.25, 0.3) is 0 Å². The first-order valence-electron chi connectivity index (χ1n) is 9.65. The summed E-state index contributed by atoms with van der Waals surface area (Å²) in [4.78, 5) is 14.6. The van der Waals surface area contributed by atoms with Crippen molar-refractivity contribution in [2.24, 2.45) is 5.92 Å². The number of likely N-dealkylation sites (tertiary alicyclic amines) is 1. The van der Waals surface area contributed by atoms with Gasteiger partial charge in [-0.2, -0.15) is 0 Å². The van der Waals surface area contributed by atoms with Gasteiger partial charge in [-0.1, -0.05) is 13.0 Å². The molecule has 4 rings (SSSR count). The summed E-state index contributed by atoms with van der Waals surface area (Å²) in [6, 6.07) is 1.67. The minimum Gasteiger partial charge on any atom is -0.307 e. The molecule has 1 radical (unpaired) electrons. The maximum Gasteiger partial charge on any atom is 0.332 e. The molecule has 1 aliphatic heterocycles. The van der Waals surface area contributed by atoms with Crippen molar-refractivity contribution in [3.8, 4) is 0 Å². The normalized spacial score (nSPS) is 19.0. The molecule has 0 bridgehead atoms. The Bertz CT molecular complexity index is 803. The fourth-order valence-electron chi connectivity index (χ4n) is 4.64. The van der Waals surface area contributed by atoms with Crippen molar-refractivity contribution in [3.63, 3.8) is 0 Å². The van der Waals surface area contributed by atoms with E-state index < -0.39 is 16.1 Å². The number of urea groups is 1. The van der Waals surface area contributed by atoms with Gasteiger partial charge in [0.05, 0.1) is 5.75 Å². The van der Waals surface area contributed by atoms with Crippen LogP contribution in [-0.4, -0.2) is 96.1 Å². The van der Waals surface area contributed by atoms with Gasteiger partial charge >= 0.3 is 6.03 Å². The van der Waals surface area contributed by atoms with Crippen molar-refractivity contribution < 1.29 is 13.2 Å². The molecule has 8 heteroatoms. The molecule has 2 N–H and O–H groups in total. The van der Waals surface area contributed by atoms with E-state index in [1.54, 1.807) is 0 Å². The molecule has 27 heavy (non-hydrogen) atoms. The van der Waals surface area contributed by atoms with E-state index in [2.05, 4.69) is 27.9 Å². The third-order valence-electron chi connectivity index (χ3n) is 5.89. The first-order valence-corrected chi connectivity index (χ1v) is 11.3. The summed E-state index contributed by atoms with van der Waals surface area (Å²) in [5.41, 5.74) is 5.92. The number of nitrogens with one attached hydrogen (secondary N) is 2. The van der Waals surface area contributed by atoms with Crippen molar-refractivity contribution in [1.82, 2.24) is 9.62 Å². The molecule has 6 nitrogen and oxygen atoms in total. The number of carbonyl (C=O) groups excluding carboxylic acids is 1. The monoisotopic (exact) mass is 416 g/mol. The number of aryl methyl sites for hydroxylation is 2. The smallest absolute Gasteiger partial charge is 0.307 e. The molecule has 0 atom stereocenters. The summed E-state index contributed by atoms with van der Waals surface area (Å²) >= 11 is 0. The number of hydrogen-bond donors (Lipinski definition) is 2. The molecule has 0 unspecified atom stereocenters. The van der Waals surface area contributed by atoms with Gasteiger partial charge in [-0.25, -0.2) is 17.9 Å². The van der Waals surface area contributed by atoms with E-state index in [0.717, 1.165) is 63.8 Å². The van der Waals surface area contributed by atoms with Crippen LogP contribution in [0.15, 0.2) is 6.07 Å². The topological polar surface area (TPSA) is 78.5 Å². The van der Waals surface area contributed by atoms with Gasteiger partial charge in [0.25, 0.3) is 0 Å². The van der Waals surface area contributed by atoms with Crippen molar-refractivity contribution in [2.45, 2.75) is 45.4 Å². The minimum atomic E-state index is -3.61. The second-order valence-electron chi connectivity index (χ2n) is 7.79. The summed E-state index contributed by atoms with van der Waals surface area (Å²) in [5, 5.41) is 2.89. The van der Waals surface area contributed by atoms with Crippen LogP contribution in [0.4, 0.5) is 10.5 Å². The standard InChI is InChI=1S/C19H27N3O3S.K/c1-2-22-10-13(11-22)12-26(24,25)21-19(23)20-18-16-7-3-5-14(16)9-15-6-4-8-17(15)18;/h9,13H,2-8,10-12H2,1H3,(H2,20,21,23);. The van der Waals surface area contributed by atoms with E-state index in [4.69, 9.17) is 0 Å². The maximum atomic E-state index is 12.4. The van der Waals surface area contributed by atoms with Crippen LogP contribution >= 0.6 is 0 Å². The molecule has 1 aromatic carbocycles. The predicted octanol–water partition coefficient (Wildman–Crippen LogP) is 1.69. The zero-order valence-corrected chi connectivity index (χ0v) is 20.2. The number of nitrogens with zero attached hydrogens (tertiary/aromatic N) is 1. The molecule has 0 spiro atoms. The molecule has 2 aliphatic carbocycles. The van der Waals surface area contributed by atoms with Crippen LogP contribution in [0, 0.1) is 5.92 Å². The Hall–Kier alpha value is 0.0364. The van der Waals surface area contributed by atoms with E-state index in [9.17, 15) is 13.2 Å². The molecule has 1 heterocycles. The number of sulfonamides is 1. The first kappa shape index (κ1) is 21.7. The number of hydrogen-bond acceptors (Lipinski definition) is 4. The van der Waals surface area contributed by atoms with Crippen molar-refractivity contribution in [2.75, 3.05) is 30.7 Å². The van der Waals surface area contributed by atoms with Crippen molar-refractivity contribution in [1.29, 1.82) is 0 Å². The number of amides is 2. The summed E-state index contributed by atoms with van der Waals surface area (Å²) in [5.74, 6) is 0.132. The van der Waals surface area contributed by atoms with Crippen LogP contribution in [-0.2, 0) is 35.7 Å². The Kier molecular flexibility index (Phi) is 7.09. The average Bonchev–Trinajstić information content (AvgIpc) is 3.18. The van der Waals surface area contributed by atoms with Crippen LogP contribution in [0.1, 0.15) is 42.0 Å². The van der Waals surface area contributed by atoms with E-state index in [1.807, 2.05) is 0 Å². The quantitative estimate of drug-likeness (QED) is 0.716. The summed E-state index contributed by atoms with van der Waals surface area (Å²) in [7, 11) is -3.61. The Labute approximate surface area is 204 Å². The average molecular weight is 417 g/mol. The summed E-state index contributed by atoms with van der Waals surface area (Å²) < 4.78 is 26.8. The van der Waals surface area contributed by atoms with E-state index >= 15 is 0 Å². The van der Waals surface area contributed by atoms with Crippen molar-refractivity contribution in [3.05, 3.63) is 28.3 Å². The fourth-order valence-corrected chi connectivity index (χ4v) is 5.89. The Morgan fingerprint density at radius 2 is 1.70 bits per heavy atom. The zero-order chi connectivity index (χ0) is 18.3. The van der Waals surface area contributed by atoms with Gasteiger partial charge in [-0.15, -0.1) is 0 Å². The van der Waals surface area contributed by atoms with Crippen LogP contribution in [0.2, 0.25) is 0 Å². The molecule has 1 saturated heterocycles. The molecular weight excluding hydrogens is 389 g/mol. The van der Waals surface area contributed by atoms with Gasteiger partial charge in [-0.05, 0) is 67.3 Å². The van der Waals surface area contributed by atoms with Gasteiger partial charge in [-0.3, -0.25) is 0 Å². The largest absolute Gasteiger partial charge is 0.332 e. The molecule has 1 fully saturated rings. The number of anilines is 1. The molecule has 3 aliphatic rings. The van der Waals surface area contributed by atoms with E-state index in [-0.39, 0.29) is 63.1 Å². The van der Waals surface area contributed by atoms with Gasteiger partial charge in [0.15, 0.2) is 0 Å². The SMILES string of the molecule is CCN1CC(CS(=O)(=O)NC(=O)Nc2c3c(cc4c2CCC4)CCC3)C1.[K]. The Morgan fingerprint density at radius 3 is 2.26 bits per heavy atom. The fraction of sp³-hybridized carbons (Fsp3) is 0.632. The molecule has 1 aromatic rings. The molecule has 0 saturated carbocycles. The van der Waals surface area contributed by atoms with Crippen LogP contribution in [0.3, 0.4) is 0 Å². The van der Waals surface area contributed by atoms with Crippen LogP contribution in [0.5, 0.6) is 0 Å². The Morgan fingerprint density at radius 1 is 1.11 bits per heavy atom. The number of benzene rings is 1. The van der Waals surface area contributed by atoms with Gasteiger partial charge in [0, 0.05) is 76.1 Å². The van der Waals surface area contributed by atoms with Gasteiger partial charge in [0.1, 0.15) is 0 Å². The maximum absolute atomic E-state index is 12.4. The molecule has 0 aromatic heterocycles. The van der Waals surface area contributed by atoms with E-state index in [0.29, 0.717) is 0 Å². The second-order valence-corrected chi connectivity index (χ2v) is 9.56. The molecule has 143 valence electrons. The molecule has 2 amide bonds. The predicted molar refractivity (Wildman–Crippen MR) is 108 cm³/mol. The zero-order valence-electron chi connectivity index (χ0n) is 16.3. The third-order valence-corrected chi connectivity index (χ3v) is 7.30. The van der Waals surface area contributed by atoms with E-state index in [1.165, 1.54) is 22.3 Å². The number of fused-ring (bicyclic) bond motifs is 2. The Balaban J connectivity index is 0.00000210. The van der Waals surface area contributed by atoms with Crippen LogP contribution < -0.4 is 10.0 Å². The summed E-state index contributed by atoms with van der Waals surface area (Å²) in [6.07, 6.45) is 6.21. The van der Waals surface area contributed by atoms with Crippen molar-refractivity contribution >= 4 is 73.1 Å². The van der Waals surface area contributed by atoms with Gasteiger partial charge < -0.3 is 10.2 Å². The van der Waals surface area contributed by atoms with Gasteiger partial charge in [0.2, 0.25) is 10.0 Å². The minimum absolute atomic E-state index is 0. The number of rotatable bonds is 5.